The van der Waals surface area contributed by atoms with Crippen LogP contribution in [0.25, 0.3) is 11.3 Å². The van der Waals surface area contributed by atoms with Crippen LogP contribution in [-0.2, 0) is 16.1 Å². The Hall–Kier alpha value is -3.00. The lowest BCUT2D eigenvalue weighted by Gasteiger charge is -2.09. The van der Waals surface area contributed by atoms with Crippen LogP contribution < -0.4 is 10.6 Å². The second-order valence-corrected chi connectivity index (χ2v) is 6.65. The Morgan fingerprint density at radius 1 is 1.11 bits per heavy atom. The average Bonchev–Trinajstić information content (AvgIpc) is 3.26. The molecule has 3 aromatic rings. The van der Waals surface area contributed by atoms with Crippen molar-refractivity contribution in [3.8, 4) is 11.3 Å². The number of amides is 2. The van der Waals surface area contributed by atoms with Crippen LogP contribution >= 0.6 is 11.8 Å². The van der Waals surface area contributed by atoms with Gasteiger partial charge in [0.2, 0.25) is 0 Å². The van der Waals surface area contributed by atoms with E-state index >= 15 is 0 Å². The normalized spacial score (nSPS) is 10.6. The Bertz CT molecular complexity index is 958. The summed E-state index contributed by atoms with van der Waals surface area (Å²) in [7, 11) is 0. The number of nitrogens with zero attached hydrogens (tertiary/aromatic N) is 1. The number of furan rings is 1. The van der Waals surface area contributed by atoms with Gasteiger partial charge in [0.15, 0.2) is 0 Å². The van der Waals surface area contributed by atoms with Gasteiger partial charge in [-0.25, -0.2) is 0 Å². The second-order valence-electron chi connectivity index (χ2n) is 5.80. The Morgan fingerprint density at radius 3 is 2.59 bits per heavy atom. The summed E-state index contributed by atoms with van der Waals surface area (Å²) >= 11 is 1.49. The SMILES string of the molecule is CSc1ccccc1NC(=O)C(=O)NCc1ccc(-c2c(C)noc2C)o1. The van der Waals surface area contributed by atoms with E-state index in [4.69, 9.17) is 8.94 Å². The van der Waals surface area contributed by atoms with Gasteiger partial charge in [-0.2, -0.15) is 0 Å². The van der Waals surface area contributed by atoms with E-state index < -0.39 is 11.8 Å². The molecular formula is C19H19N3O4S. The standard InChI is InChI=1S/C19H19N3O4S/c1-11-17(12(2)26-22-11)15-9-8-13(25-15)10-20-18(23)19(24)21-14-6-4-5-7-16(14)27-3/h4-9H,10H2,1-3H3,(H,20,23)(H,21,24). The number of carbonyl (C=O) groups excluding carboxylic acids is 2. The molecule has 8 heteroatoms. The monoisotopic (exact) mass is 385 g/mol. The lowest BCUT2D eigenvalue weighted by atomic mass is 10.1. The highest BCUT2D eigenvalue weighted by atomic mass is 32.2. The van der Waals surface area contributed by atoms with Crippen molar-refractivity contribution in [2.75, 3.05) is 11.6 Å². The summed E-state index contributed by atoms with van der Waals surface area (Å²) in [6, 6.07) is 10.8. The first-order valence-electron chi connectivity index (χ1n) is 8.23. The summed E-state index contributed by atoms with van der Waals surface area (Å²) in [5.41, 5.74) is 2.12. The van der Waals surface area contributed by atoms with E-state index in [-0.39, 0.29) is 6.54 Å². The number of rotatable bonds is 5. The van der Waals surface area contributed by atoms with Crippen molar-refractivity contribution in [3.63, 3.8) is 0 Å². The molecular weight excluding hydrogens is 366 g/mol. The zero-order valence-corrected chi connectivity index (χ0v) is 16.0. The maximum atomic E-state index is 12.1. The number of carbonyl (C=O) groups is 2. The lowest BCUT2D eigenvalue weighted by molar-refractivity contribution is -0.136. The minimum atomic E-state index is -0.735. The summed E-state index contributed by atoms with van der Waals surface area (Å²) in [5, 5.41) is 9.06. The van der Waals surface area contributed by atoms with E-state index in [1.807, 2.05) is 25.3 Å². The molecule has 0 spiro atoms. The maximum Gasteiger partial charge on any atom is 0.313 e. The van der Waals surface area contributed by atoms with Crippen LogP contribution in [0.2, 0.25) is 0 Å². The van der Waals surface area contributed by atoms with Crippen LogP contribution in [0.15, 0.2) is 50.2 Å². The molecule has 0 radical (unpaired) electrons. The minimum absolute atomic E-state index is 0.0970. The molecule has 0 unspecified atom stereocenters. The molecule has 2 heterocycles. The molecule has 0 aliphatic carbocycles. The van der Waals surface area contributed by atoms with Crippen LogP contribution in [0.5, 0.6) is 0 Å². The van der Waals surface area contributed by atoms with Crippen molar-refractivity contribution in [1.82, 2.24) is 10.5 Å². The number of hydrogen-bond acceptors (Lipinski definition) is 6. The minimum Gasteiger partial charge on any atom is -0.459 e. The van der Waals surface area contributed by atoms with Gasteiger partial charge in [0.1, 0.15) is 17.3 Å². The van der Waals surface area contributed by atoms with E-state index in [1.54, 1.807) is 31.2 Å². The molecule has 3 rings (SSSR count). The number of benzene rings is 1. The average molecular weight is 385 g/mol. The van der Waals surface area contributed by atoms with Crippen LogP contribution in [0.3, 0.4) is 0 Å². The van der Waals surface area contributed by atoms with Crippen molar-refractivity contribution in [2.24, 2.45) is 0 Å². The van der Waals surface area contributed by atoms with Gasteiger partial charge in [-0.1, -0.05) is 17.3 Å². The number of aromatic nitrogens is 1. The molecule has 0 fully saturated rings. The molecule has 0 saturated heterocycles. The Balaban J connectivity index is 1.60. The fraction of sp³-hybridized carbons (Fsp3) is 0.211. The number of aryl methyl sites for hydroxylation is 2. The molecule has 0 saturated carbocycles. The molecule has 140 valence electrons. The molecule has 0 bridgehead atoms. The first-order chi connectivity index (χ1) is 13.0. The Labute approximate surface area is 160 Å². The fourth-order valence-corrected chi connectivity index (χ4v) is 3.17. The molecule has 1 aromatic carbocycles. The van der Waals surface area contributed by atoms with E-state index in [1.165, 1.54) is 11.8 Å². The van der Waals surface area contributed by atoms with Crippen LogP contribution in [-0.4, -0.2) is 23.2 Å². The van der Waals surface area contributed by atoms with E-state index in [9.17, 15) is 9.59 Å². The summed E-state index contributed by atoms with van der Waals surface area (Å²) in [6.45, 7) is 3.72. The zero-order valence-electron chi connectivity index (χ0n) is 15.2. The van der Waals surface area contributed by atoms with Gasteiger partial charge < -0.3 is 19.6 Å². The van der Waals surface area contributed by atoms with Gasteiger partial charge in [0.05, 0.1) is 23.5 Å². The molecule has 2 amide bonds. The smallest absolute Gasteiger partial charge is 0.313 e. The second kappa shape index (κ2) is 8.13. The Morgan fingerprint density at radius 2 is 1.89 bits per heavy atom. The summed E-state index contributed by atoms with van der Waals surface area (Å²) < 4.78 is 10.9. The molecule has 0 atom stereocenters. The summed E-state index contributed by atoms with van der Waals surface area (Å²) in [6.07, 6.45) is 1.90. The summed E-state index contributed by atoms with van der Waals surface area (Å²) in [5.74, 6) is 0.323. The van der Waals surface area contributed by atoms with Gasteiger partial charge in [0.25, 0.3) is 0 Å². The van der Waals surface area contributed by atoms with Gasteiger partial charge in [-0.15, -0.1) is 11.8 Å². The van der Waals surface area contributed by atoms with Crippen LogP contribution in [0.1, 0.15) is 17.2 Å². The third-order valence-electron chi connectivity index (χ3n) is 3.93. The van der Waals surface area contributed by atoms with Crippen molar-refractivity contribution in [1.29, 1.82) is 0 Å². The van der Waals surface area contributed by atoms with Gasteiger partial charge >= 0.3 is 11.8 Å². The number of anilines is 1. The predicted molar refractivity (Wildman–Crippen MR) is 102 cm³/mol. The lowest BCUT2D eigenvalue weighted by Crippen LogP contribution is -2.35. The van der Waals surface area contributed by atoms with Gasteiger partial charge in [0, 0.05) is 4.90 Å². The van der Waals surface area contributed by atoms with Crippen molar-refractivity contribution in [3.05, 3.63) is 53.6 Å². The van der Waals surface area contributed by atoms with Crippen LogP contribution in [0.4, 0.5) is 5.69 Å². The van der Waals surface area contributed by atoms with Crippen molar-refractivity contribution < 1.29 is 18.5 Å². The third-order valence-corrected chi connectivity index (χ3v) is 4.72. The Kier molecular flexibility index (Phi) is 5.66. The van der Waals surface area contributed by atoms with E-state index in [0.29, 0.717) is 23.0 Å². The highest BCUT2D eigenvalue weighted by Gasteiger charge is 2.18. The zero-order chi connectivity index (χ0) is 19.4. The number of thioether (sulfide) groups is 1. The first-order valence-corrected chi connectivity index (χ1v) is 9.46. The quantitative estimate of drug-likeness (QED) is 0.515. The molecule has 0 aliphatic heterocycles. The molecule has 2 aromatic heterocycles. The van der Waals surface area contributed by atoms with Crippen molar-refractivity contribution >= 4 is 29.3 Å². The van der Waals surface area contributed by atoms with Gasteiger partial charge in [-0.05, 0) is 44.4 Å². The number of para-hydroxylation sites is 1. The molecule has 7 nitrogen and oxygen atoms in total. The fourth-order valence-electron chi connectivity index (χ4n) is 2.62. The molecule has 0 aliphatic rings. The maximum absolute atomic E-state index is 12.1. The van der Waals surface area contributed by atoms with Gasteiger partial charge in [-0.3, -0.25) is 9.59 Å². The largest absolute Gasteiger partial charge is 0.459 e. The first kappa shape index (κ1) is 18.8. The van der Waals surface area contributed by atoms with Crippen molar-refractivity contribution in [2.45, 2.75) is 25.3 Å². The summed E-state index contributed by atoms with van der Waals surface area (Å²) in [4.78, 5) is 25.0. The predicted octanol–water partition coefficient (Wildman–Crippen LogP) is 3.53. The third kappa shape index (κ3) is 4.22. The molecule has 27 heavy (non-hydrogen) atoms. The molecule has 2 N–H and O–H groups in total. The van der Waals surface area contributed by atoms with E-state index in [0.717, 1.165) is 16.2 Å². The topological polar surface area (TPSA) is 97.4 Å². The highest BCUT2D eigenvalue weighted by molar-refractivity contribution is 7.98. The number of hydrogen-bond donors (Lipinski definition) is 2. The highest BCUT2D eigenvalue weighted by Crippen LogP contribution is 2.28. The number of nitrogens with one attached hydrogen (secondary N) is 2. The van der Waals surface area contributed by atoms with E-state index in [2.05, 4.69) is 15.8 Å². The van der Waals surface area contributed by atoms with Crippen LogP contribution in [0, 0.1) is 13.8 Å².